The van der Waals surface area contributed by atoms with Crippen LogP contribution in [0.15, 0.2) is 48.5 Å². The average Bonchev–Trinajstić information content (AvgIpc) is 2.46. The van der Waals surface area contributed by atoms with Gasteiger partial charge in [-0.05, 0) is 42.0 Å². The number of nitrogens with one attached hydrogen (secondary N) is 1. The van der Waals surface area contributed by atoms with E-state index in [1.54, 1.807) is 24.3 Å². The van der Waals surface area contributed by atoms with Gasteiger partial charge in [0.1, 0.15) is 0 Å². The zero-order valence-electron chi connectivity index (χ0n) is 11.5. The van der Waals surface area contributed by atoms with Crippen LogP contribution in [-0.2, 0) is 11.0 Å². The molecule has 0 spiro atoms. The van der Waals surface area contributed by atoms with E-state index in [1.807, 2.05) is 0 Å². The number of halogens is 5. The number of hydrogen-bond acceptors (Lipinski definition) is 1. The first kappa shape index (κ1) is 17.4. The van der Waals surface area contributed by atoms with Gasteiger partial charge in [-0.2, -0.15) is 13.2 Å². The van der Waals surface area contributed by atoms with E-state index in [1.165, 1.54) is 18.2 Å². The first-order valence-corrected chi connectivity index (χ1v) is 7.13. The van der Waals surface area contributed by atoms with Gasteiger partial charge in [-0.3, -0.25) is 4.79 Å². The summed E-state index contributed by atoms with van der Waals surface area (Å²) in [5.41, 5.74) is -0.307. The third-order valence-electron chi connectivity index (χ3n) is 2.82. The molecule has 0 aliphatic rings. The van der Waals surface area contributed by atoms with Gasteiger partial charge in [0.25, 0.3) is 0 Å². The van der Waals surface area contributed by atoms with E-state index >= 15 is 0 Å². The second-order valence-electron chi connectivity index (χ2n) is 4.57. The summed E-state index contributed by atoms with van der Waals surface area (Å²) in [5.74, 6) is -0.569. The maximum atomic E-state index is 12.7. The van der Waals surface area contributed by atoms with Gasteiger partial charge in [0.15, 0.2) is 0 Å². The van der Waals surface area contributed by atoms with Crippen LogP contribution in [-0.4, -0.2) is 5.91 Å². The molecule has 0 atom stereocenters. The van der Waals surface area contributed by atoms with Crippen molar-refractivity contribution in [2.45, 2.75) is 6.18 Å². The summed E-state index contributed by atoms with van der Waals surface area (Å²) in [6.45, 7) is 0. The molecule has 0 saturated carbocycles. The van der Waals surface area contributed by atoms with Crippen LogP contribution in [0.1, 0.15) is 11.1 Å². The highest BCUT2D eigenvalue weighted by Crippen LogP contribution is 2.36. The molecule has 2 rings (SSSR count). The van der Waals surface area contributed by atoms with E-state index in [0.29, 0.717) is 10.6 Å². The zero-order chi connectivity index (χ0) is 17.0. The molecule has 0 aromatic heterocycles. The van der Waals surface area contributed by atoms with E-state index in [2.05, 4.69) is 5.32 Å². The first-order chi connectivity index (χ1) is 10.8. The molecular formula is C16H10Cl2F3NO. The van der Waals surface area contributed by atoms with Crippen molar-refractivity contribution in [1.29, 1.82) is 0 Å². The van der Waals surface area contributed by atoms with E-state index in [0.717, 1.165) is 12.1 Å². The van der Waals surface area contributed by atoms with Gasteiger partial charge in [0.2, 0.25) is 5.91 Å². The van der Waals surface area contributed by atoms with Crippen molar-refractivity contribution in [3.8, 4) is 0 Å². The molecule has 1 N–H and O–H groups in total. The van der Waals surface area contributed by atoms with Gasteiger partial charge < -0.3 is 5.32 Å². The molecule has 0 heterocycles. The van der Waals surface area contributed by atoms with Crippen molar-refractivity contribution in [3.63, 3.8) is 0 Å². The smallest absolute Gasteiger partial charge is 0.322 e. The summed E-state index contributed by atoms with van der Waals surface area (Å²) in [5, 5.41) is 2.44. The highest BCUT2D eigenvalue weighted by atomic mass is 35.5. The molecule has 23 heavy (non-hydrogen) atoms. The van der Waals surface area contributed by atoms with E-state index in [-0.39, 0.29) is 5.69 Å². The molecule has 0 radical (unpaired) electrons. The summed E-state index contributed by atoms with van der Waals surface area (Å²) < 4.78 is 38.2. The van der Waals surface area contributed by atoms with E-state index in [9.17, 15) is 18.0 Å². The SMILES string of the molecule is O=C(C=Cc1cccc(Cl)c1)Nc1ccc(Cl)c(C(F)(F)F)c1. The third kappa shape index (κ3) is 5.01. The molecule has 7 heteroatoms. The van der Waals surface area contributed by atoms with Crippen LogP contribution in [0.3, 0.4) is 0 Å². The van der Waals surface area contributed by atoms with Gasteiger partial charge in [-0.1, -0.05) is 35.3 Å². The average molecular weight is 360 g/mol. The summed E-state index contributed by atoms with van der Waals surface area (Å²) >= 11 is 11.3. The molecule has 120 valence electrons. The lowest BCUT2D eigenvalue weighted by Crippen LogP contribution is -2.11. The molecule has 0 saturated heterocycles. The maximum Gasteiger partial charge on any atom is 0.417 e. The Morgan fingerprint density at radius 2 is 1.83 bits per heavy atom. The normalized spacial score (nSPS) is 11.7. The predicted octanol–water partition coefficient (Wildman–Crippen LogP) is 5.66. The maximum absolute atomic E-state index is 12.7. The molecule has 0 fully saturated rings. The van der Waals surface area contributed by atoms with Crippen LogP contribution >= 0.6 is 23.2 Å². The standard InChI is InChI=1S/C16H10Cl2F3NO/c17-11-3-1-2-10(8-11)4-7-15(23)22-12-5-6-14(18)13(9-12)16(19,20)21/h1-9H,(H,22,23). The molecule has 0 unspecified atom stereocenters. The van der Waals surface area contributed by atoms with Gasteiger partial charge in [0, 0.05) is 16.8 Å². The second kappa shape index (κ2) is 7.06. The number of carbonyl (C=O) groups is 1. The predicted molar refractivity (Wildman–Crippen MR) is 85.6 cm³/mol. The van der Waals surface area contributed by atoms with Gasteiger partial charge in [-0.25, -0.2) is 0 Å². The van der Waals surface area contributed by atoms with Crippen LogP contribution in [0.4, 0.5) is 18.9 Å². The van der Waals surface area contributed by atoms with E-state index < -0.39 is 22.7 Å². The summed E-state index contributed by atoms with van der Waals surface area (Å²) in [6.07, 6.45) is -1.89. The molecule has 2 aromatic carbocycles. The summed E-state index contributed by atoms with van der Waals surface area (Å²) in [7, 11) is 0. The molecular weight excluding hydrogens is 350 g/mol. The Kier molecular flexibility index (Phi) is 5.34. The minimum absolute atomic E-state index is 0.00229. The number of hydrogen-bond donors (Lipinski definition) is 1. The first-order valence-electron chi connectivity index (χ1n) is 6.37. The van der Waals surface area contributed by atoms with Crippen LogP contribution in [0.25, 0.3) is 6.08 Å². The number of carbonyl (C=O) groups excluding carboxylic acids is 1. The fourth-order valence-corrected chi connectivity index (χ4v) is 2.21. The van der Waals surface area contributed by atoms with Crippen molar-refractivity contribution < 1.29 is 18.0 Å². The Hall–Kier alpha value is -1.98. The Morgan fingerprint density at radius 1 is 1.09 bits per heavy atom. The Labute approximate surface area is 140 Å². The lowest BCUT2D eigenvalue weighted by Gasteiger charge is -2.11. The van der Waals surface area contributed by atoms with Crippen molar-refractivity contribution in [2.24, 2.45) is 0 Å². The van der Waals surface area contributed by atoms with Gasteiger partial charge in [0.05, 0.1) is 10.6 Å². The highest BCUT2D eigenvalue weighted by Gasteiger charge is 2.33. The van der Waals surface area contributed by atoms with Crippen LogP contribution in [0.2, 0.25) is 10.0 Å². The van der Waals surface area contributed by atoms with Crippen LogP contribution in [0.5, 0.6) is 0 Å². The number of amides is 1. The molecule has 1 amide bonds. The largest absolute Gasteiger partial charge is 0.417 e. The second-order valence-corrected chi connectivity index (χ2v) is 5.41. The quantitative estimate of drug-likeness (QED) is 0.703. The number of anilines is 1. The number of rotatable bonds is 3. The minimum Gasteiger partial charge on any atom is -0.322 e. The van der Waals surface area contributed by atoms with Crippen LogP contribution in [0, 0.1) is 0 Å². The lowest BCUT2D eigenvalue weighted by molar-refractivity contribution is -0.137. The van der Waals surface area contributed by atoms with Crippen LogP contribution < -0.4 is 5.32 Å². The minimum atomic E-state index is -4.59. The van der Waals surface area contributed by atoms with Crippen molar-refractivity contribution in [3.05, 3.63) is 69.7 Å². The molecule has 0 aliphatic carbocycles. The Morgan fingerprint density at radius 3 is 2.48 bits per heavy atom. The molecule has 2 nitrogen and oxygen atoms in total. The zero-order valence-corrected chi connectivity index (χ0v) is 13.0. The van der Waals surface area contributed by atoms with Crippen molar-refractivity contribution in [1.82, 2.24) is 0 Å². The molecule has 0 bridgehead atoms. The summed E-state index contributed by atoms with van der Waals surface area (Å²) in [4.78, 5) is 11.8. The fraction of sp³-hybridized carbons (Fsp3) is 0.0625. The monoisotopic (exact) mass is 359 g/mol. The number of alkyl halides is 3. The Bertz CT molecular complexity index is 757. The molecule has 2 aromatic rings. The van der Waals surface area contributed by atoms with Gasteiger partial charge >= 0.3 is 6.18 Å². The number of benzene rings is 2. The lowest BCUT2D eigenvalue weighted by atomic mass is 10.2. The third-order valence-corrected chi connectivity index (χ3v) is 3.38. The van der Waals surface area contributed by atoms with Crippen molar-refractivity contribution in [2.75, 3.05) is 5.32 Å². The van der Waals surface area contributed by atoms with Gasteiger partial charge in [-0.15, -0.1) is 0 Å². The van der Waals surface area contributed by atoms with E-state index in [4.69, 9.17) is 23.2 Å². The summed E-state index contributed by atoms with van der Waals surface area (Å²) in [6, 6.07) is 9.95. The fourth-order valence-electron chi connectivity index (χ4n) is 1.79. The Balaban J connectivity index is 2.12. The topological polar surface area (TPSA) is 29.1 Å². The highest BCUT2D eigenvalue weighted by molar-refractivity contribution is 6.31. The van der Waals surface area contributed by atoms with Crippen molar-refractivity contribution >= 4 is 40.9 Å². The molecule has 0 aliphatic heterocycles.